The van der Waals surface area contributed by atoms with E-state index in [1.165, 1.54) is 25.7 Å². The average molecular weight is 378 g/mol. The van der Waals surface area contributed by atoms with E-state index in [4.69, 9.17) is 4.74 Å². The van der Waals surface area contributed by atoms with Crippen molar-refractivity contribution in [1.29, 1.82) is 0 Å². The molecular formula is C21H35N3O3. The summed E-state index contributed by atoms with van der Waals surface area (Å²) in [6, 6.07) is 7.12. The Hall–Kier alpha value is -2.08. The highest BCUT2D eigenvalue weighted by Crippen LogP contribution is 2.10. The molecule has 2 N–H and O–H groups in total. The van der Waals surface area contributed by atoms with Gasteiger partial charge in [0.15, 0.2) is 0 Å². The number of ether oxygens (including phenoxy) is 1. The molecule has 27 heavy (non-hydrogen) atoms. The molecule has 0 unspecified atom stereocenters. The average Bonchev–Trinajstić information content (AvgIpc) is 2.70. The maximum absolute atomic E-state index is 11.9. The van der Waals surface area contributed by atoms with Crippen molar-refractivity contribution in [2.24, 2.45) is 0 Å². The molecule has 2 amide bonds. The number of rotatable bonds is 13. The zero-order valence-electron chi connectivity index (χ0n) is 17.1. The fourth-order valence-electron chi connectivity index (χ4n) is 2.79. The van der Waals surface area contributed by atoms with E-state index in [0.717, 1.165) is 26.1 Å². The van der Waals surface area contributed by atoms with Gasteiger partial charge in [-0.1, -0.05) is 44.9 Å². The highest BCUT2D eigenvalue weighted by atomic mass is 16.5. The lowest BCUT2D eigenvalue weighted by molar-refractivity contribution is 0.0956. The SMILES string of the molecule is CCCCN(CCCC)CCCNC(=O)OCc1ccccc1C(=O)NC. The molecule has 0 fully saturated rings. The lowest BCUT2D eigenvalue weighted by atomic mass is 10.1. The van der Waals surface area contributed by atoms with Gasteiger partial charge in [-0.3, -0.25) is 4.79 Å². The molecule has 0 saturated carbocycles. The number of benzene rings is 1. The maximum Gasteiger partial charge on any atom is 0.407 e. The molecule has 0 spiro atoms. The van der Waals surface area contributed by atoms with Crippen LogP contribution in [-0.4, -0.2) is 50.1 Å². The van der Waals surface area contributed by atoms with Crippen molar-refractivity contribution < 1.29 is 14.3 Å². The van der Waals surface area contributed by atoms with Crippen molar-refractivity contribution >= 4 is 12.0 Å². The molecule has 0 aliphatic heterocycles. The summed E-state index contributed by atoms with van der Waals surface area (Å²) < 4.78 is 5.26. The van der Waals surface area contributed by atoms with Gasteiger partial charge >= 0.3 is 6.09 Å². The van der Waals surface area contributed by atoms with Gasteiger partial charge in [-0.2, -0.15) is 0 Å². The number of amides is 2. The van der Waals surface area contributed by atoms with Gasteiger partial charge in [-0.25, -0.2) is 4.79 Å². The van der Waals surface area contributed by atoms with E-state index in [2.05, 4.69) is 29.4 Å². The van der Waals surface area contributed by atoms with E-state index < -0.39 is 6.09 Å². The molecule has 1 aromatic rings. The van der Waals surface area contributed by atoms with Gasteiger partial charge in [-0.15, -0.1) is 0 Å². The quantitative estimate of drug-likeness (QED) is 0.516. The van der Waals surface area contributed by atoms with Crippen LogP contribution in [0.15, 0.2) is 24.3 Å². The molecule has 1 rings (SSSR count). The van der Waals surface area contributed by atoms with Crippen LogP contribution in [0.4, 0.5) is 4.79 Å². The van der Waals surface area contributed by atoms with Crippen molar-refractivity contribution in [2.45, 2.75) is 52.6 Å². The largest absolute Gasteiger partial charge is 0.445 e. The van der Waals surface area contributed by atoms with E-state index in [-0.39, 0.29) is 12.5 Å². The van der Waals surface area contributed by atoms with Crippen molar-refractivity contribution in [3.63, 3.8) is 0 Å². The van der Waals surface area contributed by atoms with Crippen LogP contribution in [0.25, 0.3) is 0 Å². The molecule has 0 aliphatic carbocycles. The van der Waals surface area contributed by atoms with Gasteiger partial charge < -0.3 is 20.3 Å². The minimum absolute atomic E-state index is 0.0779. The number of carbonyl (C=O) groups excluding carboxylic acids is 2. The number of unbranched alkanes of at least 4 members (excludes halogenated alkanes) is 2. The van der Waals surface area contributed by atoms with Gasteiger partial charge in [0.25, 0.3) is 5.91 Å². The summed E-state index contributed by atoms with van der Waals surface area (Å²) in [6.07, 6.45) is 5.27. The normalized spacial score (nSPS) is 10.7. The number of hydrogen-bond donors (Lipinski definition) is 2. The van der Waals surface area contributed by atoms with Crippen LogP contribution < -0.4 is 10.6 Å². The van der Waals surface area contributed by atoms with Crippen LogP contribution in [0.5, 0.6) is 0 Å². The molecule has 6 heteroatoms. The number of nitrogens with zero attached hydrogens (tertiary/aromatic N) is 1. The summed E-state index contributed by atoms with van der Waals surface area (Å²) in [4.78, 5) is 26.2. The number of nitrogens with one attached hydrogen (secondary N) is 2. The van der Waals surface area contributed by atoms with E-state index in [9.17, 15) is 9.59 Å². The number of alkyl carbamates (subject to hydrolysis) is 1. The van der Waals surface area contributed by atoms with Crippen molar-refractivity contribution in [3.8, 4) is 0 Å². The molecule has 0 bridgehead atoms. The van der Waals surface area contributed by atoms with Crippen molar-refractivity contribution in [3.05, 3.63) is 35.4 Å². The van der Waals surface area contributed by atoms with Gasteiger partial charge in [0.1, 0.15) is 6.61 Å². The molecule has 0 saturated heterocycles. The second-order valence-electron chi connectivity index (χ2n) is 6.64. The molecule has 1 aromatic carbocycles. The lowest BCUT2D eigenvalue weighted by Gasteiger charge is -2.21. The lowest BCUT2D eigenvalue weighted by Crippen LogP contribution is -2.31. The Bertz CT molecular complexity index is 555. The van der Waals surface area contributed by atoms with Crippen molar-refractivity contribution in [1.82, 2.24) is 15.5 Å². The van der Waals surface area contributed by atoms with E-state index in [1.807, 2.05) is 6.07 Å². The zero-order chi connectivity index (χ0) is 19.9. The summed E-state index contributed by atoms with van der Waals surface area (Å²) >= 11 is 0. The molecule has 0 atom stereocenters. The molecule has 6 nitrogen and oxygen atoms in total. The molecule has 0 aliphatic rings. The summed E-state index contributed by atoms with van der Waals surface area (Å²) in [6.45, 7) is 8.31. The third-order valence-electron chi connectivity index (χ3n) is 4.42. The smallest absolute Gasteiger partial charge is 0.407 e. The number of carbonyl (C=O) groups is 2. The predicted molar refractivity (Wildman–Crippen MR) is 109 cm³/mol. The standard InChI is InChI=1S/C21H35N3O3/c1-4-6-14-24(15-7-5-2)16-10-13-23-21(26)27-17-18-11-8-9-12-19(18)20(25)22-3/h8-9,11-12H,4-7,10,13-17H2,1-3H3,(H,22,25)(H,23,26). The highest BCUT2D eigenvalue weighted by Gasteiger charge is 2.11. The first kappa shape index (κ1) is 23.0. The predicted octanol–water partition coefficient (Wildman–Crippen LogP) is 3.56. The van der Waals surface area contributed by atoms with Gasteiger partial charge in [0.2, 0.25) is 0 Å². The second kappa shape index (κ2) is 14.0. The van der Waals surface area contributed by atoms with Crippen LogP contribution in [0.3, 0.4) is 0 Å². The monoisotopic (exact) mass is 377 g/mol. The Balaban J connectivity index is 2.32. The fraction of sp³-hybridized carbons (Fsp3) is 0.619. The van der Waals surface area contributed by atoms with Crippen LogP contribution in [0.1, 0.15) is 61.9 Å². The molecule has 152 valence electrons. The first-order valence-electron chi connectivity index (χ1n) is 10.0. The van der Waals surface area contributed by atoms with E-state index in [1.54, 1.807) is 25.2 Å². The molecular weight excluding hydrogens is 342 g/mol. The van der Waals surface area contributed by atoms with Crippen LogP contribution in [0, 0.1) is 0 Å². The molecule has 0 heterocycles. The first-order chi connectivity index (χ1) is 13.1. The molecule has 0 aromatic heterocycles. The highest BCUT2D eigenvalue weighted by molar-refractivity contribution is 5.95. The number of hydrogen-bond acceptors (Lipinski definition) is 4. The van der Waals surface area contributed by atoms with Crippen LogP contribution in [0.2, 0.25) is 0 Å². The Morgan fingerprint density at radius 1 is 1.00 bits per heavy atom. The van der Waals surface area contributed by atoms with E-state index in [0.29, 0.717) is 17.7 Å². The Labute approximate surface area is 163 Å². The summed E-state index contributed by atoms with van der Waals surface area (Å²) in [7, 11) is 1.58. The van der Waals surface area contributed by atoms with Gasteiger partial charge in [0, 0.05) is 24.7 Å². The third kappa shape index (κ3) is 9.43. The second-order valence-corrected chi connectivity index (χ2v) is 6.64. The maximum atomic E-state index is 11.9. The Kier molecular flexibility index (Phi) is 11.9. The van der Waals surface area contributed by atoms with Crippen molar-refractivity contribution in [2.75, 3.05) is 33.2 Å². The summed E-state index contributed by atoms with van der Waals surface area (Å²) in [5.41, 5.74) is 1.22. The minimum atomic E-state index is -0.449. The van der Waals surface area contributed by atoms with Crippen LogP contribution >= 0.6 is 0 Å². The topological polar surface area (TPSA) is 70.7 Å². The van der Waals surface area contributed by atoms with Crippen LogP contribution in [-0.2, 0) is 11.3 Å². The van der Waals surface area contributed by atoms with Gasteiger partial charge in [-0.05, 0) is 45.0 Å². The summed E-state index contributed by atoms with van der Waals surface area (Å²) in [5, 5.41) is 5.39. The third-order valence-corrected chi connectivity index (χ3v) is 4.42. The summed E-state index contributed by atoms with van der Waals surface area (Å²) in [5.74, 6) is -0.186. The Morgan fingerprint density at radius 3 is 2.26 bits per heavy atom. The van der Waals surface area contributed by atoms with Gasteiger partial charge in [0.05, 0.1) is 0 Å². The van der Waals surface area contributed by atoms with E-state index >= 15 is 0 Å². The molecule has 0 radical (unpaired) electrons. The Morgan fingerprint density at radius 2 is 1.63 bits per heavy atom. The fourth-order valence-corrected chi connectivity index (χ4v) is 2.79. The zero-order valence-corrected chi connectivity index (χ0v) is 17.1. The minimum Gasteiger partial charge on any atom is -0.445 e. The first-order valence-corrected chi connectivity index (χ1v) is 10.0.